The van der Waals surface area contributed by atoms with E-state index in [1.54, 1.807) is 0 Å². The van der Waals surface area contributed by atoms with Crippen molar-refractivity contribution in [2.75, 3.05) is 0 Å². The number of allylic oxidation sites excluding steroid dienone is 3. The van der Waals surface area contributed by atoms with Gasteiger partial charge in [0.15, 0.2) is 0 Å². The third kappa shape index (κ3) is 2.70. The summed E-state index contributed by atoms with van der Waals surface area (Å²) >= 11 is 0. The Labute approximate surface area is 85.5 Å². The van der Waals surface area contributed by atoms with Crippen LogP contribution in [-0.2, 0) is 0 Å². The maximum Gasteiger partial charge on any atom is 0.0694 e. The first-order chi connectivity index (χ1) is 6.77. The largest absolute Gasteiger partial charge is 0.264 e. The van der Waals surface area contributed by atoms with Gasteiger partial charge in [-0.3, -0.25) is 4.99 Å². The lowest BCUT2D eigenvalue weighted by atomic mass is 10.1. The molecule has 0 aliphatic carbocycles. The van der Waals surface area contributed by atoms with E-state index in [0.29, 0.717) is 0 Å². The van der Waals surface area contributed by atoms with Crippen LogP contribution in [0.25, 0.3) is 5.70 Å². The quantitative estimate of drug-likeness (QED) is 0.504. The molecule has 0 amide bonds. The minimum absolute atomic E-state index is 0.909. The van der Waals surface area contributed by atoms with Gasteiger partial charge in [-0.25, -0.2) is 0 Å². The number of benzene rings is 1. The molecule has 0 aromatic heterocycles. The van der Waals surface area contributed by atoms with E-state index < -0.39 is 0 Å². The fraction of sp³-hybridized carbons (Fsp3) is 0.154. The van der Waals surface area contributed by atoms with E-state index in [2.05, 4.69) is 30.8 Å². The standard InChI is InChI=1S/C13H15N/c1-4-5-9-13(14-3)12-8-6-7-11(2)10-12/h4-10H,3H2,1-2H3/b5-4-,13-9-. The van der Waals surface area contributed by atoms with Crippen LogP contribution in [0.2, 0.25) is 0 Å². The monoisotopic (exact) mass is 185 g/mol. The summed E-state index contributed by atoms with van der Waals surface area (Å²) in [4.78, 5) is 4.00. The van der Waals surface area contributed by atoms with Gasteiger partial charge in [0, 0.05) is 5.56 Å². The molecular weight excluding hydrogens is 170 g/mol. The first kappa shape index (κ1) is 10.5. The molecular formula is C13H15N. The highest BCUT2D eigenvalue weighted by molar-refractivity contribution is 5.69. The van der Waals surface area contributed by atoms with Crippen LogP contribution in [-0.4, -0.2) is 6.72 Å². The van der Waals surface area contributed by atoms with E-state index in [1.165, 1.54) is 5.56 Å². The fourth-order valence-electron chi connectivity index (χ4n) is 1.23. The SMILES string of the molecule is C=N/C(=C\C=C/C)c1cccc(C)c1. The van der Waals surface area contributed by atoms with E-state index in [4.69, 9.17) is 0 Å². The molecule has 0 aliphatic heterocycles. The summed E-state index contributed by atoms with van der Waals surface area (Å²) < 4.78 is 0. The molecule has 0 atom stereocenters. The van der Waals surface area contributed by atoms with Crippen molar-refractivity contribution in [3.05, 3.63) is 53.6 Å². The van der Waals surface area contributed by atoms with Crippen molar-refractivity contribution in [2.45, 2.75) is 13.8 Å². The van der Waals surface area contributed by atoms with Gasteiger partial charge in [0.2, 0.25) is 0 Å². The van der Waals surface area contributed by atoms with Gasteiger partial charge in [-0.15, -0.1) is 0 Å². The van der Waals surface area contributed by atoms with E-state index in [-0.39, 0.29) is 0 Å². The summed E-state index contributed by atoms with van der Waals surface area (Å²) in [5.41, 5.74) is 3.25. The zero-order chi connectivity index (χ0) is 10.4. The molecule has 1 aromatic rings. The Morgan fingerprint density at radius 2 is 2.21 bits per heavy atom. The predicted octanol–water partition coefficient (Wildman–Crippen LogP) is 3.61. The van der Waals surface area contributed by atoms with Crippen molar-refractivity contribution < 1.29 is 0 Å². The van der Waals surface area contributed by atoms with Crippen LogP contribution >= 0.6 is 0 Å². The molecule has 1 rings (SSSR count). The molecule has 1 heteroatoms. The Morgan fingerprint density at radius 3 is 2.79 bits per heavy atom. The van der Waals surface area contributed by atoms with Gasteiger partial charge in [-0.2, -0.15) is 0 Å². The molecule has 0 N–H and O–H groups in total. The summed E-state index contributed by atoms with van der Waals surface area (Å²) in [6.45, 7) is 7.62. The molecule has 0 saturated carbocycles. The normalized spacial score (nSPS) is 12.0. The lowest BCUT2D eigenvalue weighted by molar-refractivity contribution is 1.42. The Bertz CT molecular complexity index is 373. The molecule has 0 radical (unpaired) electrons. The molecule has 1 nitrogen and oxygen atoms in total. The van der Waals surface area contributed by atoms with E-state index >= 15 is 0 Å². The first-order valence-corrected chi connectivity index (χ1v) is 4.64. The zero-order valence-corrected chi connectivity index (χ0v) is 8.70. The average Bonchev–Trinajstić information content (AvgIpc) is 2.19. The second-order valence-corrected chi connectivity index (χ2v) is 3.11. The second kappa shape index (κ2) is 5.18. The van der Waals surface area contributed by atoms with Crippen LogP contribution in [0, 0.1) is 6.92 Å². The average molecular weight is 185 g/mol. The van der Waals surface area contributed by atoms with Crippen molar-refractivity contribution in [3.8, 4) is 0 Å². The molecule has 72 valence electrons. The highest BCUT2D eigenvalue weighted by Crippen LogP contribution is 2.16. The summed E-state index contributed by atoms with van der Waals surface area (Å²) in [6.07, 6.45) is 5.90. The molecule has 0 unspecified atom stereocenters. The van der Waals surface area contributed by atoms with Gasteiger partial charge in [0.1, 0.15) is 0 Å². The Morgan fingerprint density at radius 1 is 1.43 bits per heavy atom. The smallest absolute Gasteiger partial charge is 0.0694 e. The number of hydrogen-bond acceptors (Lipinski definition) is 1. The summed E-state index contributed by atoms with van der Waals surface area (Å²) in [5.74, 6) is 0. The van der Waals surface area contributed by atoms with Gasteiger partial charge in [0.05, 0.1) is 5.70 Å². The van der Waals surface area contributed by atoms with Gasteiger partial charge in [-0.1, -0.05) is 35.9 Å². The van der Waals surface area contributed by atoms with Crippen LogP contribution in [0.3, 0.4) is 0 Å². The van der Waals surface area contributed by atoms with Crippen molar-refractivity contribution in [2.24, 2.45) is 4.99 Å². The van der Waals surface area contributed by atoms with Gasteiger partial charge in [-0.05, 0) is 32.7 Å². The summed E-state index contributed by atoms with van der Waals surface area (Å²) in [7, 11) is 0. The molecule has 14 heavy (non-hydrogen) atoms. The van der Waals surface area contributed by atoms with E-state index in [0.717, 1.165) is 11.3 Å². The lowest BCUT2D eigenvalue weighted by Crippen LogP contribution is -1.81. The zero-order valence-electron chi connectivity index (χ0n) is 8.70. The summed E-state index contributed by atoms with van der Waals surface area (Å²) in [6, 6.07) is 8.24. The van der Waals surface area contributed by atoms with Crippen LogP contribution in [0.5, 0.6) is 0 Å². The number of rotatable bonds is 3. The molecule has 0 saturated heterocycles. The third-order valence-corrected chi connectivity index (χ3v) is 1.93. The third-order valence-electron chi connectivity index (χ3n) is 1.93. The van der Waals surface area contributed by atoms with Crippen LogP contribution in [0.15, 0.2) is 47.5 Å². The topological polar surface area (TPSA) is 12.4 Å². The van der Waals surface area contributed by atoms with Gasteiger partial charge in [0.25, 0.3) is 0 Å². The van der Waals surface area contributed by atoms with Crippen LogP contribution in [0.4, 0.5) is 0 Å². The highest BCUT2D eigenvalue weighted by atomic mass is 14.7. The number of hydrogen-bond donors (Lipinski definition) is 0. The molecule has 0 fully saturated rings. The van der Waals surface area contributed by atoms with Crippen LogP contribution in [0.1, 0.15) is 18.1 Å². The van der Waals surface area contributed by atoms with Crippen molar-refractivity contribution in [3.63, 3.8) is 0 Å². The number of aryl methyl sites for hydroxylation is 1. The molecule has 0 aliphatic rings. The van der Waals surface area contributed by atoms with E-state index in [1.807, 2.05) is 37.3 Å². The Kier molecular flexibility index (Phi) is 3.86. The van der Waals surface area contributed by atoms with Gasteiger partial charge >= 0.3 is 0 Å². The number of nitrogens with zero attached hydrogens (tertiary/aromatic N) is 1. The molecule has 0 spiro atoms. The minimum Gasteiger partial charge on any atom is -0.264 e. The molecule has 0 bridgehead atoms. The predicted molar refractivity (Wildman–Crippen MR) is 63.5 cm³/mol. The lowest BCUT2D eigenvalue weighted by Gasteiger charge is -2.01. The van der Waals surface area contributed by atoms with Crippen LogP contribution < -0.4 is 0 Å². The van der Waals surface area contributed by atoms with Crippen molar-refractivity contribution >= 4 is 12.4 Å². The Balaban J connectivity index is 3.06. The van der Waals surface area contributed by atoms with E-state index in [9.17, 15) is 0 Å². The fourth-order valence-corrected chi connectivity index (χ4v) is 1.23. The maximum atomic E-state index is 4.00. The second-order valence-electron chi connectivity index (χ2n) is 3.11. The highest BCUT2D eigenvalue weighted by Gasteiger charge is 1.96. The summed E-state index contributed by atoms with van der Waals surface area (Å²) in [5, 5.41) is 0. The Hall–Kier alpha value is -1.63. The molecule has 0 heterocycles. The minimum atomic E-state index is 0.909. The van der Waals surface area contributed by atoms with Gasteiger partial charge < -0.3 is 0 Å². The number of aliphatic imine (C=N–C) groups is 1. The first-order valence-electron chi connectivity index (χ1n) is 4.64. The molecule has 1 aromatic carbocycles. The maximum absolute atomic E-state index is 4.00. The van der Waals surface area contributed by atoms with Crippen molar-refractivity contribution in [1.82, 2.24) is 0 Å². The van der Waals surface area contributed by atoms with Crippen molar-refractivity contribution in [1.29, 1.82) is 0 Å².